The van der Waals surface area contributed by atoms with Crippen molar-refractivity contribution < 1.29 is 9.53 Å². The number of carbonyl (C=O) groups excluding carboxylic acids is 1. The van der Waals surface area contributed by atoms with E-state index in [1.807, 2.05) is 13.8 Å². The van der Waals surface area contributed by atoms with Crippen LogP contribution in [0.5, 0.6) is 0 Å². The van der Waals surface area contributed by atoms with Crippen molar-refractivity contribution >= 4 is 33.2 Å². The number of nitrogen functional groups attached to an aromatic ring is 1. The predicted octanol–water partition coefficient (Wildman–Crippen LogP) is 1.99. The SMILES string of the molecule is CCOCCN(CC)c1cc(C(N)=O)c(N)cc1Br. The second kappa shape index (κ2) is 7.35. The van der Waals surface area contributed by atoms with Crippen LogP contribution in [-0.2, 0) is 4.74 Å². The van der Waals surface area contributed by atoms with Crippen molar-refractivity contribution in [3.05, 3.63) is 22.2 Å². The second-order valence-electron chi connectivity index (χ2n) is 4.03. The molecule has 0 fully saturated rings. The maximum atomic E-state index is 11.3. The van der Waals surface area contributed by atoms with E-state index in [4.69, 9.17) is 16.2 Å². The predicted molar refractivity (Wildman–Crippen MR) is 81.5 cm³/mol. The van der Waals surface area contributed by atoms with Crippen LogP contribution in [0, 0.1) is 0 Å². The summed E-state index contributed by atoms with van der Waals surface area (Å²) in [5, 5.41) is 0. The number of carbonyl (C=O) groups is 1. The van der Waals surface area contributed by atoms with Crippen LogP contribution in [0.25, 0.3) is 0 Å². The van der Waals surface area contributed by atoms with Crippen molar-refractivity contribution in [1.29, 1.82) is 0 Å². The third-order valence-corrected chi connectivity index (χ3v) is 3.45. The van der Waals surface area contributed by atoms with Gasteiger partial charge >= 0.3 is 0 Å². The summed E-state index contributed by atoms with van der Waals surface area (Å²) in [6.45, 7) is 6.86. The monoisotopic (exact) mass is 329 g/mol. The molecule has 0 atom stereocenters. The lowest BCUT2D eigenvalue weighted by Gasteiger charge is -2.25. The van der Waals surface area contributed by atoms with Gasteiger partial charge in [-0.05, 0) is 41.9 Å². The molecule has 0 unspecified atom stereocenters. The number of rotatable bonds is 7. The zero-order valence-electron chi connectivity index (χ0n) is 11.3. The number of benzene rings is 1. The van der Waals surface area contributed by atoms with Crippen molar-refractivity contribution in [3.63, 3.8) is 0 Å². The van der Waals surface area contributed by atoms with Gasteiger partial charge in [0.05, 0.1) is 17.9 Å². The van der Waals surface area contributed by atoms with Gasteiger partial charge in [0.15, 0.2) is 0 Å². The number of nitrogens with zero attached hydrogens (tertiary/aromatic N) is 1. The van der Waals surface area contributed by atoms with Crippen LogP contribution in [-0.4, -0.2) is 32.2 Å². The number of halogens is 1. The van der Waals surface area contributed by atoms with Gasteiger partial charge in [-0.25, -0.2) is 0 Å². The van der Waals surface area contributed by atoms with E-state index in [1.165, 1.54) is 0 Å². The van der Waals surface area contributed by atoms with Gasteiger partial charge in [0.2, 0.25) is 0 Å². The Balaban J connectivity index is 3.02. The Bertz CT molecular complexity index is 452. The highest BCUT2D eigenvalue weighted by molar-refractivity contribution is 9.10. The molecule has 1 amide bonds. The second-order valence-corrected chi connectivity index (χ2v) is 4.89. The van der Waals surface area contributed by atoms with E-state index >= 15 is 0 Å². The van der Waals surface area contributed by atoms with Crippen molar-refractivity contribution in [3.8, 4) is 0 Å². The molecule has 1 rings (SSSR count). The summed E-state index contributed by atoms with van der Waals surface area (Å²) in [6.07, 6.45) is 0. The van der Waals surface area contributed by atoms with Gasteiger partial charge in [-0.3, -0.25) is 4.79 Å². The molecule has 0 aliphatic carbocycles. The summed E-state index contributed by atoms with van der Waals surface area (Å²) in [5.74, 6) is -0.521. The van der Waals surface area contributed by atoms with Crippen LogP contribution < -0.4 is 16.4 Å². The van der Waals surface area contributed by atoms with E-state index in [0.717, 1.165) is 23.2 Å². The fourth-order valence-electron chi connectivity index (χ4n) is 1.80. The molecule has 4 N–H and O–H groups in total. The number of anilines is 2. The largest absolute Gasteiger partial charge is 0.398 e. The first-order valence-electron chi connectivity index (χ1n) is 6.22. The van der Waals surface area contributed by atoms with Gasteiger partial charge in [0.1, 0.15) is 0 Å². The number of primary amides is 1. The average Bonchev–Trinajstić information content (AvgIpc) is 2.35. The Kier molecular flexibility index (Phi) is 6.11. The van der Waals surface area contributed by atoms with E-state index in [-0.39, 0.29) is 0 Å². The van der Waals surface area contributed by atoms with Gasteiger partial charge in [0.25, 0.3) is 5.91 Å². The molecule has 0 radical (unpaired) electrons. The molecule has 6 heteroatoms. The van der Waals surface area contributed by atoms with Crippen LogP contribution in [0.1, 0.15) is 24.2 Å². The minimum absolute atomic E-state index is 0.341. The molecular weight excluding hydrogens is 310 g/mol. The van der Waals surface area contributed by atoms with Crippen molar-refractivity contribution in [2.75, 3.05) is 36.9 Å². The molecule has 0 aliphatic rings. The average molecular weight is 330 g/mol. The minimum atomic E-state index is -0.521. The first-order valence-corrected chi connectivity index (χ1v) is 7.02. The molecule has 0 saturated heterocycles. The lowest BCUT2D eigenvalue weighted by Crippen LogP contribution is -2.28. The molecule has 0 bridgehead atoms. The summed E-state index contributed by atoms with van der Waals surface area (Å²) in [6, 6.07) is 3.43. The number of hydrogen-bond donors (Lipinski definition) is 2. The fraction of sp³-hybridized carbons (Fsp3) is 0.462. The summed E-state index contributed by atoms with van der Waals surface area (Å²) in [4.78, 5) is 13.4. The van der Waals surface area contributed by atoms with Gasteiger partial charge in [-0.1, -0.05) is 0 Å². The molecule has 106 valence electrons. The molecular formula is C13H20BrN3O2. The van der Waals surface area contributed by atoms with Crippen LogP contribution in [0.3, 0.4) is 0 Å². The van der Waals surface area contributed by atoms with Crippen molar-refractivity contribution in [2.24, 2.45) is 5.73 Å². The zero-order chi connectivity index (χ0) is 14.4. The van der Waals surface area contributed by atoms with Crippen LogP contribution >= 0.6 is 15.9 Å². The zero-order valence-corrected chi connectivity index (χ0v) is 12.9. The topological polar surface area (TPSA) is 81.6 Å². The standard InChI is InChI=1S/C13H20BrN3O2/c1-3-17(5-6-19-4-2)12-7-9(13(16)18)11(15)8-10(12)14/h7-8H,3-6,15H2,1-2H3,(H2,16,18). The van der Waals surface area contributed by atoms with Crippen molar-refractivity contribution in [2.45, 2.75) is 13.8 Å². The van der Waals surface area contributed by atoms with Gasteiger partial charge < -0.3 is 21.1 Å². The van der Waals surface area contributed by atoms with Gasteiger partial charge in [0, 0.05) is 29.9 Å². The summed E-state index contributed by atoms with van der Waals surface area (Å²) in [7, 11) is 0. The molecule has 5 nitrogen and oxygen atoms in total. The molecule has 1 aromatic rings. The van der Waals surface area contributed by atoms with Crippen molar-refractivity contribution in [1.82, 2.24) is 0 Å². The van der Waals surface area contributed by atoms with E-state index < -0.39 is 5.91 Å². The molecule has 0 spiro atoms. The highest BCUT2D eigenvalue weighted by atomic mass is 79.9. The lowest BCUT2D eigenvalue weighted by atomic mass is 10.1. The summed E-state index contributed by atoms with van der Waals surface area (Å²) < 4.78 is 6.20. The maximum Gasteiger partial charge on any atom is 0.250 e. The third-order valence-electron chi connectivity index (χ3n) is 2.82. The maximum absolute atomic E-state index is 11.3. The van der Waals surface area contributed by atoms with E-state index in [2.05, 4.69) is 20.8 Å². The van der Waals surface area contributed by atoms with Crippen LogP contribution in [0.4, 0.5) is 11.4 Å². The normalized spacial score (nSPS) is 10.5. The molecule has 0 aromatic heterocycles. The lowest BCUT2D eigenvalue weighted by molar-refractivity contribution is 0.100. The first kappa shape index (κ1) is 15.8. The highest BCUT2D eigenvalue weighted by Crippen LogP contribution is 2.31. The summed E-state index contributed by atoms with van der Waals surface area (Å²) >= 11 is 3.47. The van der Waals surface area contributed by atoms with Crippen LogP contribution in [0.15, 0.2) is 16.6 Å². The van der Waals surface area contributed by atoms with Gasteiger partial charge in [-0.2, -0.15) is 0 Å². The molecule has 0 heterocycles. The Morgan fingerprint density at radius 2 is 2.11 bits per heavy atom. The minimum Gasteiger partial charge on any atom is -0.398 e. The molecule has 0 saturated carbocycles. The van der Waals surface area contributed by atoms with Crippen LogP contribution in [0.2, 0.25) is 0 Å². The number of ether oxygens (including phenoxy) is 1. The third kappa shape index (κ3) is 4.11. The van der Waals surface area contributed by atoms with E-state index in [9.17, 15) is 4.79 Å². The molecule has 0 aliphatic heterocycles. The number of hydrogen-bond acceptors (Lipinski definition) is 4. The number of amides is 1. The van der Waals surface area contributed by atoms with E-state index in [1.54, 1.807) is 12.1 Å². The van der Waals surface area contributed by atoms with E-state index in [0.29, 0.717) is 24.5 Å². The summed E-state index contributed by atoms with van der Waals surface area (Å²) in [5.41, 5.74) is 12.7. The fourth-order valence-corrected chi connectivity index (χ4v) is 2.41. The first-order chi connectivity index (χ1) is 9.01. The Morgan fingerprint density at radius 1 is 1.42 bits per heavy atom. The number of nitrogens with two attached hydrogens (primary N) is 2. The Morgan fingerprint density at radius 3 is 2.63 bits per heavy atom. The molecule has 1 aromatic carbocycles. The quantitative estimate of drug-likeness (QED) is 0.592. The molecule has 19 heavy (non-hydrogen) atoms. The Labute approximate surface area is 122 Å². The van der Waals surface area contributed by atoms with Gasteiger partial charge in [-0.15, -0.1) is 0 Å². The number of likely N-dealkylation sites (N-methyl/N-ethyl adjacent to an activating group) is 1. The smallest absolute Gasteiger partial charge is 0.250 e. The Hall–Kier alpha value is -1.27. The highest BCUT2D eigenvalue weighted by Gasteiger charge is 2.14.